The summed E-state index contributed by atoms with van der Waals surface area (Å²) in [6.07, 6.45) is -7.66. The van der Waals surface area contributed by atoms with Crippen molar-refractivity contribution in [2.24, 2.45) is 0 Å². The largest absolute Gasteiger partial charge is 0.415 e. The van der Waals surface area contributed by atoms with Gasteiger partial charge in [-0.25, -0.2) is 13.1 Å². The summed E-state index contributed by atoms with van der Waals surface area (Å²) in [6, 6.07) is 3.73. The minimum absolute atomic E-state index is 0.112. The Bertz CT molecular complexity index is 562. The fourth-order valence-corrected chi connectivity index (χ4v) is 3.25. The normalized spacial score (nSPS) is 14.4. The maximum Gasteiger partial charge on any atom is 0.415 e. The molecule has 1 aromatic rings. The van der Waals surface area contributed by atoms with Crippen LogP contribution in [0.2, 0.25) is 0 Å². The molecule has 0 aliphatic rings. The zero-order chi connectivity index (χ0) is 14.8. The lowest BCUT2D eigenvalue weighted by Crippen LogP contribution is -2.40. The highest BCUT2D eigenvalue weighted by molar-refractivity contribution is 9.10. The van der Waals surface area contributed by atoms with Crippen molar-refractivity contribution in [2.45, 2.75) is 17.2 Å². The summed E-state index contributed by atoms with van der Waals surface area (Å²) in [4.78, 5) is -0.268. The number of nitrogens with two attached hydrogens (primary N) is 1. The molecule has 4 N–H and O–H groups in total. The summed E-state index contributed by atoms with van der Waals surface area (Å²) in [7, 11) is -4.18. The Labute approximate surface area is 115 Å². The topological polar surface area (TPSA) is 92.4 Å². The maximum absolute atomic E-state index is 12.0. The zero-order valence-electron chi connectivity index (χ0n) is 9.28. The molecule has 108 valence electrons. The van der Waals surface area contributed by atoms with Gasteiger partial charge in [-0.3, -0.25) is 0 Å². The number of benzene rings is 1. The molecule has 19 heavy (non-hydrogen) atoms. The lowest BCUT2D eigenvalue weighted by atomic mass is 10.3. The number of anilines is 1. The Morgan fingerprint density at radius 1 is 1.42 bits per heavy atom. The summed E-state index contributed by atoms with van der Waals surface area (Å²) in [5.74, 6) is 0. The van der Waals surface area contributed by atoms with E-state index in [1.165, 1.54) is 12.1 Å². The zero-order valence-corrected chi connectivity index (χ0v) is 11.7. The molecular formula is C9H10BrF3N2O3S. The first-order chi connectivity index (χ1) is 8.54. The Kier molecular flexibility index (Phi) is 4.82. The van der Waals surface area contributed by atoms with Gasteiger partial charge in [0.25, 0.3) is 0 Å². The smallest absolute Gasteiger partial charge is 0.399 e. The number of hydrogen-bond donors (Lipinski definition) is 3. The molecule has 1 aromatic carbocycles. The lowest BCUT2D eigenvalue weighted by Gasteiger charge is -2.15. The highest BCUT2D eigenvalue weighted by Gasteiger charge is 2.38. The van der Waals surface area contributed by atoms with Crippen molar-refractivity contribution < 1.29 is 26.7 Å². The molecule has 0 aliphatic carbocycles. The van der Waals surface area contributed by atoms with Gasteiger partial charge in [-0.2, -0.15) is 13.2 Å². The van der Waals surface area contributed by atoms with E-state index in [2.05, 4.69) is 15.9 Å². The number of rotatable bonds is 4. The van der Waals surface area contributed by atoms with E-state index in [0.29, 0.717) is 5.69 Å². The third-order valence-corrected chi connectivity index (χ3v) is 4.49. The molecule has 1 rings (SSSR count). The molecule has 0 saturated carbocycles. The Morgan fingerprint density at radius 2 is 2.00 bits per heavy atom. The monoisotopic (exact) mass is 362 g/mol. The first-order valence-corrected chi connectivity index (χ1v) is 7.11. The van der Waals surface area contributed by atoms with Crippen LogP contribution in [-0.2, 0) is 10.0 Å². The van der Waals surface area contributed by atoms with Gasteiger partial charge in [0.05, 0.1) is 4.90 Å². The molecular weight excluding hydrogens is 353 g/mol. The SMILES string of the molecule is Nc1ccc(S(=O)(=O)NCC(O)C(F)(F)F)c(Br)c1. The number of nitrogen functional groups attached to an aromatic ring is 1. The van der Waals surface area contributed by atoms with Gasteiger partial charge >= 0.3 is 6.18 Å². The molecule has 0 spiro atoms. The van der Waals surface area contributed by atoms with E-state index in [1.807, 2.05) is 0 Å². The van der Waals surface area contributed by atoms with E-state index < -0.39 is 28.8 Å². The molecule has 1 unspecified atom stereocenters. The molecule has 0 aliphatic heterocycles. The third-order valence-electron chi connectivity index (χ3n) is 2.09. The number of aliphatic hydroxyl groups is 1. The Morgan fingerprint density at radius 3 is 2.47 bits per heavy atom. The molecule has 0 amide bonds. The van der Waals surface area contributed by atoms with Crippen molar-refractivity contribution in [2.75, 3.05) is 12.3 Å². The molecule has 5 nitrogen and oxygen atoms in total. The maximum atomic E-state index is 12.0. The highest BCUT2D eigenvalue weighted by Crippen LogP contribution is 2.25. The van der Waals surface area contributed by atoms with Gasteiger partial charge in [-0.15, -0.1) is 0 Å². The first-order valence-electron chi connectivity index (χ1n) is 4.83. The molecule has 0 heterocycles. The summed E-state index contributed by atoms with van der Waals surface area (Å²) in [6.45, 7) is -1.16. The van der Waals surface area contributed by atoms with Crippen LogP contribution in [0.1, 0.15) is 0 Å². The summed E-state index contributed by atoms with van der Waals surface area (Å²) in [5, 5.41) is 8.73. The second-order valence-electron chi connectivity index (χ2n) is 3.60. The van der Waals surface area contributed by atoms with E-state index in [0.717, 1.165) is 6.07 Å². The first kappa shape index (κ1) is 16.2. The van der Waals surface area contributed by atoms with Gasteiger partial charge in [0.2, 0.25) is 10.0 Å². The number of halogens is 4. The molecule has 10 heteroatoms. The van der Waals surface area contributed by atoms with Crippen LogP contribution in [0, 0.1) is 0 Å². The average molecular weight is 363 g/mol. The second-order valence-corrected chi connectivity index (χ2v) is 6.19. The number of nitrogens with one attached hydrogen (secondary N) is 1. The van der Waals surface area contributed by atoms with Crippen LogP contribution in [0.3, 0.4) is 0 Å². The Hall–Kier alpha value is -0.840. The van der Waals surface area contributed by atoms with Gasteiger partial charge < -0.3 is 10.8 Å². The molecule has 0 radical (unpaired) electrons. The summed E-state index contributed by atoms with van der Waals surface area (Å²) < 4.78 is 61.4. The van der Waals surface area contributed by atoms with Crippen LogP contribution >= 0.6 is 15.9 Å². The van der Waals surface area contributed by atoms with E-state index in [1.54, 1.807) is 4.72 Å². The van der Waals surface area contributed by atoms with Gasteiger partial charge in [0.15, 0.2) is 6.10 Å². The fraction of sp³-hybridized carbons (Fsp3) is 0.333. The van der Waals surface area contributed by atoms with Crippen LogP contribution in [0.5, 0.6) is 0 Å². The molecule has 0 fully saturated rings. The highest BCUT2D eigenvalue weighted by atomic mass is 79.9. The molecule has 0 bridgehead atoms. The number of alkyl halides is 3. The van der Waals surface area contributed by atoms with Crippen LogP contribution in [0.25, 0.3) is 0 Å². The van der Waals surface area contributed by atoms with Crippen molar-refractivity contribution in [3.8, 4) is 0 Å². The van der Waals surface area contributed by atoms with Crippen LogP contribution < -0.4 is 10.5 Å². The molecule has 0 aromatic heterocycles. The molecule has 0 saturated heterocycles. The number of sulfonamides is 1. The van der Waals surface area contributed by atoms with E-state index in [9.17, 15) is 21.6 Å². The van der Waals surface area contributed by atoms with Gasteiger partial charge in [0.1, 0.15) is 0 Å². The Balaban J connectivity index is 2.88. The van der Waals surface area contributed by atoms with E-state index in [4.69, 9.17) is 10.8 Å². The standard InChI is InChI=1S/C9H10BrF3N2O3S/c10-6-3-5(14)1-2-7(6)19(17,18)15-4-8(16)9(11,12)13/h1-3,8,15-16H,4,14H2. The number of hydrogen-bond acceptors (Lipinski definition) is 4. The lowest BCUT2D eigenvalue weighted by molar-refractivity contribution is -0.200. The summed E-state index contributed by atoms with van der Waals surface area (Å²) >= 11 is 2.95. The van der Waals surface area contributed by atoms with Gasteiger partial charge in [-0.05, 0) is 34.1 Å². The van der Waals surface area contributed by atoms with Crippen LogP contribution in [0.15, 0.2) is 27.6 Å². The van der Waals surface area contributed by atoms with Crippen LogP contribution in [0.4, 0.5) is 18.9 Å². The minimum atomic E-state index is -4.89. The van der Waals surface area contributed by atoms with Crippen molar-refractivity contribution in [3.05, 3.63) is 22.7 Å². The van der Waals surface area contributed by atoms with E-state index >= 15 is 0 Å². The van der Waals surface area contributed by atoms with Crippen molar-refractivity contribution >= 4 is 31.6 Å². The predicted octanol–water partition coefficient (Wildman–Crippen LogP) is 1.23. The van der Waals surface area contributed by atoms with Crippen molar-refractivity contribution in [1.29, 1.82) is 0 Å². The van der Waals surface area contributed by atoms with Gasteiger partial charge in [-0.1, -0.05) is 0 Å². The molecule has 1 atom stereocenters. The quantitative estimate of drug-likeness (QED) is 0.702. The predicted molar refractivity (Wildman–Crippen MR) is 65.8 cm³/mol. The second kappa shape index (κ2) is 5.65. The van der Waals surface area contributed by atoms with E-state index in [-0.39, 0.29) is 9.37 Å². The third kappa shape index (κ3) is 4.34. The number of aliphatic hydroxyl groups excluding tert-OH is 1. The average Bonchev–Trinajstić information content (AvgIpc) is 2.24. The summed E-state index contributed by atoms with van der Waals surface area (Å²) in [5.41, 5.74) is 5.71. The van der Waals surface area contributed by atoms with Crippen molar-refractivity contribution in [3.63, 3.8) is 0 Å². The minimum Gasteiger partial charge on any atom is -0.399 e. The van der Waals surface area contributed by atoms with Gasteiger partial charge in [0, 0.05) is 16.7 Å². The fourth-order valence-electron chi connectivity index (χ4n) is 1.12. The van der Waals surface area contributed by atoms with Crippen molar-refractivity contribution in [1.82, 2.24) is 4.72 Å². The van der Waals surface area contributed by atoms with Crippen LogP contribution in [-0.4, -0.2) is 32.3 Å².